The van der Waals surface area contributed by atoms with Gasteiger partial charge in [-0.3, -0.25) is 0 Å². The lowest BCUT2D eigenvalue weighted by Crippen LogP contribution is -2.19. The molecule has 0 amide bonds. The second-order valence-electron chi connectivity index (χ2n) is 6.29. The molecule has 0 aliphatic rings. The van der Waals surface area contributed by atoms with Crippen molar-refractivity contribution in [2.45, 2.75) is 47.7 Å². The third-order valence-electron chi connectivity index (χ3n) is 3.98. The van der Waals surface area contributed by atoms with Crippen LogP contribution in [0.1, 0.15) is 37.6 Å². The lowest BCUT2D eigenvalue weighted by Gasteiger charge is -2.16. The number of hydrogen-bond donors (Lipinski definition) is 0. The Bertz CT molecular complexity index is 911. The van der Waals surface area contributed by atoms with Crippen LogP contribution in [0, 0.1) is 20.8 Å². The molecule has 0 fully saturated rings. The quantitative estimate of drug-likeness (QED) is 0.524. The Kier molecular flexibility index (Phi) is 6.37. The van der Waals surface area contributed by atoms with E-state index < -0.39 is 6.11 Å². The normalized spacial score (nSPS) is 11.0. The van der Waals surface area contributed by atoms with Crippen molar-refractivity contribution < 1.29 is 13.5 Å². The van der Waals surface area contributed by atoms with Gasteiger partial charge in [-0.1, -0.05) is 32.0 Å². The summed E-state index contributed by atoms with van der Waals surface area (Å²) in [5, 5.41) is 4.46. The predicted octanol–water partition coefficient (Wildman–Crippen LogP) is 6.48. The second kappa shape index (κ2) is 8.33. The molecule has 5 heteroatoms. The summed E-state index contributed by atoms with van der Waals surface area (Å²) in [4.78, 5) is 0. The van der Waals surface area contributed by atoms with Crippen molar-refractivity contribution >= 4 is 0 Å². The van der Waals surface area contributed by atoms with E-state index in [0.717, 1.165) is 35.0 Å². The Hall–Kier alpha value is -2.69. The number of alkyl halides is 2. The highest BCUT2D eigenvalue weighted by atomic mass is 19.3. The summed E-state index contributed by atoms with van der Waals surface area (Å²) >= 11 is 0. The minimum absolute atomic E-state index is 0.186. The van der Waals surface area contributed by atoms with Crippen LogP contribution in [0.15, 0.2) is 48.7 Å². The third kappa shape index (κ3) is 5.16. The summed E-state index contributed by atoms with van der Waals surface area (Å²) in [6, 6.07) is 13.3. The van der Waals surface area contributed by atoms with Crippen molar-refractivity contribution in [2.24, 2.45) is 0 Å². The number of nitrogens with zero attached hydrogens (tertiary/aromatic N) is 2. The van der Waals surface area contributed by atoms with Gasteiger partial charge in [0, 0.05) is 13.1 Å². The van der Waals surface area contributed by atoms with Gasteiger partial charge in [0.15, 0.2) is 0 Å². The molecule has 3 aromatic rings. The molecule has 0 bridgehead atoms. The van der Waals surface area contributed by atoms with E-state index in [2.05, 4.69) is 5.10 Å². The Morgan fingerprint density at radius 1 is 0.889 bits per heavy atom. The first-order valence-electron chi connectivity index (χ1n) is 9.04. The summed E-state index contributed by atoms with van der Waals surface area (Å²) in [6.45, 7) is 10.5. The zero-order valence-corrected chi connectivity index (χ0v) is 16.7. The van der Waals surface area contributed by atoms with E-state index in [-0.39, 0.29) is 5.75 Å². The molecule has 1 aromatic heterocycles. The fourth-order valence-electron chi connectivity index (χ4n) is 2.72. The van der Waals surface area contributed by atoms with Crippen molar-refractivity contribution in [1.29, 1.82) is 0 Å². The van der Waals surface area contributed by atoms with Gasteiger partial charge >= 0.3 is 6.11 Å². The first kappa shape index (κ1) is 20.6. The van der Waals surface area contributed by atoms with Crippen LogP contribution in [0.2, 0.25) is 0 Å². The molecule has 0 atom stereocenters. The molecular weight excluding hydrogens is 346 g/mol. The molecule has 0 saturated heterocycles. The standard InChI is InChI=1S/C20H20F2N2O.C2H6/c1-13-5-6-17(12-18(13)24-10-9-15(3)23-24)16-7-8-19(14(2)11-16)25-20(4,21)22;1-2/h5-12H,1-4H3;1-2H3. The zero-order valence-electron chi connectivity index (χ0n) is 16.7. The van der Waals surface area contributed by atoms with E-state index in [4.69, 9.17) is 4.74 Å². The highest BCUT2D eigenvalue weighted by molar-refractivity contribution is 5.69. The number of hydrogen-bond acceptors (Lipinski definition) is 2. The number of aromatic nitrogens is 2. The lowest BCUT2D eigenvalue weighted by atomic mass is 10.0. The first-order chi connectivity index (χ1) is 12.7. The molecule has 0 N–H and O–H groups in total. The lowest BCUT2D eigenvalue weighted by molar-refractivity contribution is -0.159. The van der Waals surface area contributed by atoms with Crippen molar-refractivity contribution in [3.8, 4) is 22.6 Å². The molecule has 144 valence electrons. The number of rotatable bonds is 4. The fourth-order valence-corrected chi connectivity index (χ4v) is 2.72. The molecule has 0 aliphatic carbocycles. The molecule has 27 heavy (non-hydrogen) atoms. The maximum atomic E-state index is 13.1. The van der Waals surface area contributed by atoms with Crippen LogP contribution in [-0.2, 0) is 0 Å². The van der Waals surface area contributed by atoms with E-state index >= 15 is 0 Å². The molecule has 1 heterocycles. The summed E-state index contributed by atoms with van der Waals surface area (Å²) in [5.41, 5.74) is 5.64. The van der Waals surface area contributed by atoms with Gasteiger partial charge in [0.1, 0.15) is 5.75 Å². The predicted molar refractivity (Wildman–Crippen MR) is 106 cm³/mol. The van der Waals surface area contributed by atoms with Crippen LogP contribution in [0.25, 0.3) is 16.8 Å². The Labute approximate surface area is 159 Å². The Morgan fingerprint density at radius 2 is 1.52 bits per heavy atom. The monoisotopic (exact) mass is 372 g/mol. The van der Waals surface area contributed by atoms with Crippen molar-refractivity contribution in [3.63, 3.8) is 0 Å². The highest BCUT2D eigenvalue weighted by Crippen LogP contribution is 2.31. The van der Waals surface area contributed by atoms with Crippen molar-refractivity contribution in [2.75, 3.05) is 0 Å². The van der Waals surface area contributed by atoms with Gasteiger partial charge in [0.05, 0.1) is 11.4 Å². The molecule has 0 radical (unpaired) electrons. The molecule has 3 rings (SSSR count). The summed E-state index contributed by atoms with van der Waals surface area (Å²) < 4.78 is 32.7. The average molecular weight is 372 g/mol. The van der Waals surface area contributed by atoms with Gasteiger partial charge in [-0.2, -0.15) is 13.9 Å². The summed E-state index contributed by atoms with van der Waals surface area (Å²) in [5.74, 6) is 0.186. The fraction of sp³-hybridized carbons (Fsp3) is 0.318. The first-order valence-corrected chi connectivity index (χ1v) is 9.04. The third-order valence-corrected chi connectivity index (χ3v) is 3.98. The van der Waals surface area contributed by atoms with Crippen LogP contribution < -0.4 is 4.74 Å². The SMILES string of the molecule is CC.Cc1ccn(-c2cc(-c3ccc(OC(C)(F)F)c(C)c3)ccc2C)n1. The second-order valence-corrected chi connectivity index (χ2v) is 6.29. The largest absolute Gasteiger partial charge is 0.433 e. The van der Waals surface area contributed by atoms with Gasteiger partial charge < -0.3 is 4.74 Å². The van der Waals surface area contributed by atoms with Crippen LogP contribution in [-0.4, -0.2) is 15.9 Å². The maximum absolute atomic E-state index is 13.1. The zero-order chi connectivity index (χ0) is 20.2. The minimum atomic E-state index is -3.19. The summed E-state index contributed by atoms with van der Waals surface area (Å²) in [7, 11) is 0. The van der Waals surface area contributed by atoms with Gasteiger partial charge in [0.2, 0.25) is 0 Å². The Morgan fingerprint density at radius 3 is 2.07 bits per heavy atom. The van der Waals surface area contributed by atoms with Crippen molar-refractivity contribution in [3.05, 3.63) is 65.5 Å². The minimum Gasteiger partial charge on any atom is -0.433 e. The van der Waals surface area contributed by atoms with Crippen molar-refractivity contribution in [1.82, 2.24) is 9.78 Å². The molecular formula is C22H26F2N2O. The smallest absolute Gasteiger partial charge is 0.394 e. The van der Waals surface area contributed by atoms with Crippen LogP contribution in [0.5, 0.6) is 5.75 Å². The molecule has 2 aromatic carbocycles. The topological polar surface area (TPSA) is 27.1 Å². The van der Waals surface area contributed by atoms with Gasteiger partial charge in [0.25, 0.3) is 0 Å². The molecule has 0 unspecified atom stereocenters. The molecule has 0 saturated carbocycles. The number of halogens is 2. The van der Waals surface area contributed by atoms with Crippen LogP contribution in [0.4, 0.5) is 8.78 Å². The molecule has 0 spiro atoms. The average Bonchev–Trinajstić information content (AvgIpc) is 3.04. The van der Waals surface area contributed by atoms with Crippen LogP contribution >= 0.6 is 0 Å². The van der Waals surface area contributed by atoms with E-state index in [9.17, 15) is 8.78 Å². The number of aryl methyl sites for hydroxylation is 3. The van der Waals surface area contributed by atoms with E-state index in [0.29, 0.717) is 5.56 Å². The summed E-state index contributed by atoms with van der Waals surface area (Å²) in [6.07, 6.45) is -1.27. The van der Waals surface area contributed by atoms with E-state index in [1.807, 2.05) is 68.9 Å². The van der Waals surface area contributed by atoms with Gasteiger partial charge in [-0.25, -0.2) is 4.68 Å². The Balaban J connectivity index is 0.00000126. The van der Waals surface area contributed by atoms with E-state index in [1.165, 1.54) is 0 Å². The molecule has 3 nitrogen and oxygen atoms in total. The van der Waals surface area contributed by atoms with Crippen LogP contribution in [0.3, 0.4) is 0 Å². The maximum Gasteiger partial charge on any atom is 0.394 e. The van der Waals surface area contributed by atoms with Gasteiger partial charge in [-0.15, -0.1) is 0 Å². The molecule has 0 aliphatic heterocycles. The van der Waals surface area contributed by atoms with E-state index in [1.54, 1.807) is 19.1 Å². The van der Waals surface area contributed by atoms with Gasteiger partial charge in [-0.05, 0) is 67.3 Å². The number of benzene rings is 2. The number of ether oxygens (including phenoxy) is 1. The highest BCUT2D eigenvalue weighted by Gasteiger charge is 2.24.